The van der Waals surface area contributed by atoms with Crippen molar-refractivity contribution in [2.45, 2.75) is 13.5 Å². The van der Waals surface area contributed by atoms with Gasteiger partial charge in [-0.1, -0.05) is 24.3 Å². The summed E-state index contributed by atoms with van der Waals surface area (Å²) in [4.78, 5) is 0. The Labute approximate surface area is 144 Å². The van der Waals surface area contributed by atoms with Gasteiger partial charge in [-0.2, -0.15) is 5.10 Å². The van der Waals surface area contributed by atoms with Crippen LogP contribution in [0, 0.1) is 5.82 Å². The van der Waals surface area contributed by atoms with E-state index in [1.54, 1.807) is 25.1 Å². The van der Waals surface area contributed by atoms with Gasteiger partial charge < -0.3 is 14.8 Å². The van der Waals surface area contributed by atoms with Crippen molar-refractivity contribution >= 4 is 23.0 Å². The first-order chi connectivity index (χ1) is 11.6. The van der Waals surface area contributed by atoms with Crippen molar-refractivity contribution in [2.75, 3.05) is 6.79 Å². The van der Waals surface area contributed by atoms with Gasteiger partial charge in [0.1, 0.15) is 5.82 Å². The van der Waals surface area contributed by atoms with Crippen molar-refractivity contribution in [1.82, 2.24) is 10.7 Å². The quantitative estimate of drug-likeness (QED) is 0.507. The molecule has 7 heteroatoms. The maximum absolute atomic E-state index is 13.7. The summed E-state index contributed by atoms with van der Waals surface area (Å²) in [5, 5.41) is 7.49. The van der Waals surface area contributed by atoms with E-state index in [1.165, 1.54) is 6.07 Å². The van der Waals surface area contributed by atoms with E-state index in [1.807, 2.05) is 18.2 Å². The van der Waals surface area contributed by atoms with Gasteiger partial charge in [-0.25, -0.2) is 4.39 Å². The van der Waals surface area contributed by atoms with Crippen LogP contribution in [0.15, 0.2) is 47.6 Å². The number of rotatable bonds is 4. The number of hydrazone groups is 1. The van der Waals surface area contributed by atoms with E-state index in [-0.39, 0.29) is 12.6 Å². The van der Waals surface area contributed by atoms with Gasteiger partial charge in [-0.3, -0.25) is 5.43 Å². The van der Waals surface area contributed by atoms with Crippen LogP contribution in [0.3, 0.4) is 0 Å². The van der Waals surface area contributed by atoms with Crippen LogP contribution < -0.4 is 20.2 Å². The molecule has 0 atom stereocenters. The molecule has 1 aliphatic heterocycles. The molecule has 5 nitrogen and oxygen atoms in total. The maximum Gasteiger partial charge on any atom is 0.231 e. The lowest BCUT2D eigenvalue weighted by Gasteiger charge is -2.09. The molecule has 0 saturated carbocycles. The summed E-state index contributed by atoms with van der Waals surface area (Å²) < 4.78 is 24.3. The minimum atomic E-state index is -0.320. The number of ether oxygens (including phenoxy) is 2. The van der Waals surface area contributed by atoms with Crippen LogP contribution >= 0.6 is 12.2 Å². The Morgan fingerprint density at radius 3 is 2.83 bits per heavy atom. The van der Waals surface area contributed by atoms with E-state index in [9.17, 15) is 4.39 Å². The van der Waals surface area contributed by atoms with Crippen molar-refractivity contribution in [3.63, 3.8) is 0 Å². The SMILES string of the molecule is C/C(=N/NC(=S)NCc1ccc2c(c1)OCO2)c1ccccc1F. The Bertz CT molecular complexity index is 795. The largest absolute Gasteiger partial charge is 0.454 e. The lowest BCUT2D eigenvalue weighted by atomic mass is 10.1. The molecule has 0 bridgehead atoms. The molecule has 1 heterocycles. The van der Waals surface area contributed by atoms with Crippen LogP contribution in [0.2, 0.25) is 0 Å². The highest BCUT2D eigenvalue weighted by atomic mass is 32.1. The average Bonchev–Trinajstić information content (AvgIpc) is 3.06. The molecular weight excluding hydrogens is 329 g/mol. The van der Waals surface area contributed by atoms with Crippen molar-refractivity contribution < 1.29 is 13.9 Å². The average molecular weight is 345 g/mol. The molecule has 0 aromatic heterocycles. The lowest BCUT2D eigenvalue weighted by Crippen LogP contribution is -2.32. The third kappa shape index (κ3) is 3.80. The standard InChI is InChI=1S/C17H16FN3O2S/c1-11(13-4-2-3-5-14(13)18)20-21-17(24)19-9-12-6-7-15-16(8-12)23-10-22-15/h2-8H,9-10H2,1H3,(H2,19,21,24)/b20-11-. The Balaban J connectivity index is 1.54. The first-order valence-electron chi connectivity index (χ1n) is 7.35. The number of hydrogen-bond donors (Lipinski definition) is 2. The summed E-state index contributed by atoms with van der Waals surface area (Å²) in [6.07, 6.45) is 0. The number of nitrogens with one attached hydrogen (secondary N) is 2. The molecule has 0 saturated heterocycles. The van der Waals surface area contributed by atoms with E-state index in [4.69, 9.17) is 21.7 Å². The minimum Gasteiger partial charge on any atom is -0.454 e. The topological polar surface area (TPSA) is 54.9 Å². The lowest BCUT2D eigenvalue weighted by molar-refractivity contribution is 0.174. The highest BCUT2D eigenvalue weighted by Gasteiger charge is 2.13. The van der Waals surface area contributed by atoms with Crippen LogP contribution in [0.5, 0.6) is 11.5 Å². The number of fused-ring (bicyclic) bond motifs is 1. The van der Waals surface area contributed by atoms with E-state index in [0.717, 1.165) is 17.1 Å². The minimum absolute atomic E-state index is 0.246. The van der Waals surface area contributed by atoms with Gasteiger partial charge >= 0.3 is 0 Å². The smallest absolute Gasteiger partial charge is 0.231 e. The summed E-state index contributed by atoms with van der Waals surface area (Å²) >= 11 is 5.17. The molecule has 2 N–H and O–H groups in total. The first-order valence-corrected chi connectivity index (χ1v) is 7.76. The highest BCUT2D eigenvalue weighted by molar-refractivity contribution is 7.80. The first kappa shape index (κ1) is 16.2. The highest BCUT2D eigenvalue weighted by Crippen LogP contribution is 2.32. The molecule has 1 aliphatic rings. The molecule has 2 aromatic carbocycles. The monoisotopic (exact) mass is 345 g/mol. The van der Waals surface area contributed by atoms with E-state index < -0.39 is 0 Å². The van der Waals surface area contributed by atoms with Gasteiger partial charge in [-0.15, -0.1) is 0 Å². The van der Waals surface area contributed by atoms with Crippen LogP contribution in [-0.4, -0.2) is 17.6 Å². The summed E-state index contributed by atoms with van der Waals surface area (Å²) in [5.41, 5.74) is 4.66. The van der Waals surface area contributed by atoms with Gasteiger partial charge in [-0.05, 0) is 42.9 Å². The van der Waals surface area contributed by atoms with Gasteiger partial charge in [0, 0.05) is 12.1 Å². The second-order valence-corrected chi connectivity index (χ2v) is 5.57. The molecule has 0 amide bonds. The third-order valence-electron chi connectivity index (χ3n) is 3.48. The normalized spacial score (nSPS) is 12.8. The second kappa shape index (κ2) is 7.27. The molecule has 0 fully saturated rings. The van der Waals surface area contributed by atoms with Gasteiger partial charge in [0.2, 0.25) is 6.79 Å². The summed E-state index contributed by atoms with van der Waals surface area (Å²) in [6.45, 7) is 2.47. The third-order valence-corrected chi connectivity index (χ3v) is 3.71. The zero-order valence-electron chi connectivity index (χ0n) is 13.0. The number of halogens is 1. The van der Waals surface area contributed by atoms with Gasteiger partial charge in [0.05, 0.1) is 5.71 Å². The Kier molecular flexibility index (Phi) is 4.90. The molecule has 2 aromatic rings. The number of thiocarbonyl (C=S) groups is 1. The van der Waals surface area contributed by atoms with Gasteiger partial charge in [0.15, 0.2) is 16.6 Å². The fourth-order valence-electron chi connectivity index (χ4n) is 2.22. The molecule has 0 aliphatic carbocycles. The Morgan fingerprint density at radius 1 is 1.21 bits per heavy atom. The van der Waals surface area contributed by atoms with Crippen molar-refractivity contribution in [1.29, 1.82) is 0 Å². The Morgan fingerprint density at radius 2 is 2.00 bits per heavy atom. The van der Waals surface area contributed by atoms with Crippen molar-refractivity contribution in [2.24, 2.45) is 5.10 Å². The van der Waals surface area contributed by atoms with Crippen LogP contribution in [0.4, 0.5) is 4.39 Å². The van der Waals surface area contributed by atoms with Crippen LogP contribution in [0.1, 0.15) is 18.1 Å². The molecule has 124 valence electrons. The predicted molar refractivity (Wildman–Crippen MR) is 93.7 cm³/mol. The molecule has 0 radical (unpaired) electrons. The fraction of sp³-hybridized carbons (Fsp3) is 0.176. The molecule has 3 rings (SSSR count). The maximum atomic E-state index is 13.7. The predicted octanol–water partition coefficient (Wildman–Crippen LogP) is 2.94. The Hall–Kier alpha value is -2.67. The van der Waals surface area contributed by atoms with E-state index in [0.29, 0.717) is 22.9 Å². The van der Waals surface area contributed by atoms with Crippen molar-refractivity contribution in [3.05, 3.63) is 59.4 Å². The fourth-order valence-corrected chi connectivity index (χ4v) is 2.34. The molecule has 0 unspecified atom stereocenters. The molecular formula is C17H16FN3O2S. The van der Waals surface area contributed by atoms with E-state index >= 15 is 0 Å². The number of hydrogen-bond acceptors (Lipinski definition) is 4. The number of benzene rings is 2. The summed E-state index contributed by atoms with van der Waals surface area (Å²) in [5.74, 6) is 1.14. The number of nitrogens with zero attached hydrogens (tertiary/aromatic N) is 1. The molecule has 0 spiro atoms. The van der Waals surface area contributed by atoms with Crippen LogP contribution in [-0.2, 0) is 6.54 Å². The molecule has 24 heavy (non-hydrogen) atoms. The van der Waals surface area contributed by atoms with Crippen molar-refractivity contribution in [3.8, 4) is 11.5 Å². The summed E-state index contributed by atoms with van der Waals surface area (Å²) in [6, 6.07) is 12.1. The van der Waals surface area contributed by atoms with Crippen LogP contribution in [0.25, 0.3) is 0 Å². The zero-order chi connectivity index (χ0) is 16.9. The summed E-state index contributed by atoms with van der Waals surface area (Å²) in [7, 11) is 0. The van der Waals surface area contributed by atoms with E-state index in [2.05, 4.69) is 15.8 Å². The van der Waals surface area contributed by atoms with Gasteiger partial charge in [0.25, 0.3) is 0 Å². The zero-order valence-corrected chi connectivity index (χ0v) is 13.8. The second-order valence-electron chi connectivity index (χ2n) is 5.16.